The summed E-state index contributed by atoms with van der Waals surface area (Å²) in [6, 6.07) is 4.08. The van der Waals surface area contributed by atoms with Gasteiger partial charge in [-0.15, -0.1) is 5.10 Å². The molecule has 0 saturated carbocycles. The van der Waals surface area contributed by atoms with Crippen LogP contribution in [-0.2, 0) is 13.0 Å². The summed E-state index contributed by atoms with van der Waals surface area (Å²) >= 11 is 0. The van der Waals surface area contributed by atoms with Gasteiger partial charge in [-0.2, -0.15) is 0 Å². The summed E-state index contributed by atoms with van der Waals surface area (Å²) < 4.78 is 1.91. The largest absolute Gasteiger partial charge is 0.271 e. The topological polar surface area (TPSA) is 81.7 Å². The van der Waals surface area contributed by atoms with E-state index < -0.39 is 0 Å². The van der Waals surface area contributed by atoms with E-state index in [1.165, 1.54) is 5.56 Å². The Labute approximate surface area is 113 Å². The number of aryl methyl sites for hydroxylation is 2. The van der Waals surface area contributed by atoms with Gasteiger partial charge in [-0.05, 0) is 30.9 Å². The third-order valence-corrected chi connectivity index (χ3v) is 3.09. The van der Waals surface area contributed by atoms with Crippen LogP contribution in [0, 0.1) is 0 Å². The molecule has 3 N–H and O–H groups in total. The summed E-state index contributed by atoms with van der Waals surface area (Å²) in [7, 11) is 0. The Morgan fingerprint density at radius 1 is 1.42 bits per heavy atom. The van der Waals surface area contributed by atoms with Crippen molar-refractivity contribution in [2.75, 3.05) is 0 Å². The summed E-state index contributed by atoms with van der Waals surface area (Å²) in [4.78, 5) is 4.12. The molecule has 0 aliphatic rings. The molecule has 2 aromatic rings. The zero-order valence-electron chi connectivity index (χ0n) is 11.2. The third kappa shape index (κ3) is 3.59. The van der Waals surface area contributed by atoms with Crippen molar-refractivity contribution < 1.29 is 0 Å². The van der Waals surface area contributed by atoms with Crippen LogP contribution in [0.1, 0.15) is 37.1 Å². The first-order valence-electron chi connectivity index (χ1n) is 6.58. The van der Waals surface area contributed by atoms with Gasteiger partial charge in [0.15, 0.2) is 0 Å². The van der Waals surface area contributed by atoms with Crippen molar-refractivity contribution in [2.45, 2.75) is 38.8 Å². The van der Waals surface area contributed by atoms with E-state index in [1.54, 1.807) is 12.4 Å². The van der Waals surface area contributed by atoms with E-state index >= 15 is 0 Å². The molecule has 0 spiro atoms. The van der Waals surface area contributed by atoms with Gasteiger partial charge in [0.2, 0.25) is 0 Å². The fraction of sp³-hybridized carbons (Fsp3) is 0.462. The summed E-state index contributed by atoms with van der Waals surface area (Å²) in [6.07, 6.45) is 8.27. The number of nitrogens with two attached hydrogens (primary N) is 1. The molecule has 0 aromatic carbocycles. The van der Waals surface area contributed by atoms with Crippen LogP contribution >= 0.6 is 0 Å². The zero-order chi connectivity index (χ0) is 13.5. The second kappa shape index (κ2) is 6.96. The van der Waals surface area contributed by atoms with E-state index in [0.29, 0.717) is 0 Å². The van der Waals surface area contributed by atoms with Crippen molar-refractivity contribution in [3.05, 3.63) is 42.0 Å². The highest BCUT2D eigenvalue weighted by Gasteiger charge is 2.15. The highest BCUT2D eigenvalue weighted by molar-refractivity contribution is 5.10. The van der Waals surface area contributed by atoms with Gasteiger partial charge in [0, 0.05) is 18.9 Å². The van der Waals surface area contributed by atoms with E-state index in [0.717, 1.165) is 31.5 Å². The van der Waals surface area contributed by atoms with Crippen LogP contribution in [0.15, 0.2) is 30.7 Å². The number of aromatic nitrogens is 4. The standard InChI is InChI=1S/C13H20N6/c1-2-8-19-13(10-16-18-19)12(17-14)6-5-11-4-3-7-15-9-11/h3-4,7,9-10,12,17H,2,5-6,8,14H2,1H3. The van der Waals surface area contributed by atoms with Crippen LogP contribution < -0.4 is 11.3 Å². The molecule has 6 nitrogen and oxygen atoms in total. The Kier molecular flexibility index (Phi) is 5.00. The van der Waals surface area contributed by atoms with Crippen molar-refractivity contribution >= 4 is 0 Å². The lowest BCUT2D eigenvalue weighted by molar-refractivity contribution is 0.454. The average molecular weight is 260 g/mol. The highest BCUT2D eigenvalue weighted by atomic mass is 15.4. The molecule has 2 aromatic heterocycles. The predicted octanol–water partition coefficient (Wildman–Crippen LogP) is 1.22. The van der Waals surface area contributed by atoms with E-state index in [1.807, 2.05) is 16.9 Å². The fourth-order valence-corrected chi connectivity index (χ4v) is 2.09. The average Bonchev–Trinajstić information content (AvgIpc) is 2.90. The Balaban J connectivity index is 2.01. The Morgan fingerprint density at radius 3 is 3.00 bits per heavy atom. The molecule has 0 aliphatic heterocycles. The summed E-state index contributed by atoms with van der Waals surface area (Å²) in [5.41, 5.74) is 5.09. The molecule has 2 rings (SSSR count). The van der Waals surface area contributed by atoms with Gasteiger partial charge in [-0.1, -0.05) is 18.2 Å². The quantitative estimate of drug-likeness (QED) is 0.578. The molecule has 0 bridgehead atoms. The molecular weight excluding hydrogens is 240 g/mol. The lowest BCUT2D eigenvalue weighted by Crippen LogP contribution is -2.30. The predicted molar refractivity (Wildman–Crippen MR) is 72.9 cm³/mol. The molecule has 0 aliphatic carbocycles. The SMILES string of the molecule is CCCn1nncc1C(CCc1cccnc1)NN. The minimum atomic E-state index is 0.0572. The maximum absolute atomic E-state index is 5.66. The Bertz CT molecular complexity index is 481. The molecule has 102 valence electrons. The molecule has 0 saturated heterocycles. The highest BCUT2D eigenvalue weighted by Crippen LogP contribution is 2.17. The van der Waals surface area contributed by atoms with Gasteiger partial charge in [-0.25, -0.2) is 4.68 Å². The minimum Gasteiger partial charge on any atom is -0.271 e. The second-order valence-electron chi connectivity index (χ2n) is 4.50. The summed E-state index contributed by atoms with van der Waals surface area (Å²) in [5, 5.41) is 8.06. The number of pyridine rings is 1. The number of rotatable bonds is 7. The number of nitrogens with zero attached hydrogens (tertiary/aromatic N) is 4. The van der Waals surface area contributed by atoms with Gasteiger partial charge in [0.1, 0.15) is 0 Å². The van der Waals surface area contributed by atoms with E-state index in [4.69, 9.17) is 5.84 Å². The monoisotopic (exact) mass is 260 g/mol. The van der Waals surface area contributed by atoms with Crippen LogP contribution in [0.2, 0.25) is 0 Å². The smallest absolute Gasteiger partial charge is 0.0770 e. The molecule has 6 heteroatoms. The third-order valence-electron chi connectivity index (χ3n) is 3.09. The maximum Gasteiger partial charge on any atom is 0.0770 e. The Hall–Kier alpha value is -1.79. The number of nitrogens with one attached hydrogen (secondary N) is 1. The summed E-state index contributed by atoms with van der Waals surface area (Å²) in [5.74, 6) is 5.66. The Morgan fingerprint density at radius 2 is 2.32 bits per heavy atom. The van der Waals surface area contributed by atoms with Gasteiger partial charge in [-0.3, -0.25) is 16.3 Å². The van der Waals surface area contributed by atoms with Gasteiger partial charge < -0.3 is 0 Å². The maximum atomic E-state index is 5.66. The van der Waals surface area contributed by atoms with Crippen molar-refractivity contribution in [2.24, 2.45) is 5.84 Å². The lowest BCUT2D eigenvalue weighted by atomic mass is 10.1. The van der Waals surface area contributed by atoms with Crippen molar-refractivity contribution in [3.8, 4) is 0 Å². The van der Waals surface area contributed by atoms with Crippen LogP contribution in [0.3, 0.4) is 0 Å². The van der Waals surface area contributed by atoms with Crippen molar-refractivity contribution in [3.63, 3.8) is 0 Å². The van der Waals surface area contributed by atoms with Crippen LogP contribution in [0.25, 0.3) is 0 Å². The lowest BCUT2D eigenvalue weighted by Gasteiger charge is -2.16. The summed E-state index contributed by atoms with van der Waals surface area (Å²) in [6.45, 7) is 2.98. The number of hydrogen-bond donors (Lipinski definition) is 2. The molecular formula is C13H20N6. The van der Waals surface area contributed by atoms with Crippen molar-refractivity contribution in [1.29, 1.82) is 0 Å². The van der Waals surface area contributed by atoms with Gasteiger partial charge in [0.05, 0.1) is 17.9 Å². The molecule has 1 unspecified atom stereocenters. The first kappa shape index (κ1) is 13.6. The minimum absolute atomic E-state index is 0.0572. The number of hydrazine groups is 1. The molecule has 2 heterocycles. The normalized spacial score (nSPS) is 12.5. The van der Waals surface area contributed by atoms with E-state index in [9.17, 15) is 0 Å². The number of hydrogen-bond acceptors (Lipinski definition) is 5. The first-order valence-corrected chi connectivity index (χ1v) is 6.58. The van der Waals surface area contributed by atoms with Gasteiger partial charge >= 0.3 is 0 Å². The molecule has 0 fully saturated rings. The van der Waals surface area contributed by atoms with E-state index in [2.05, 4.69) is 33.7 Å². The molecule has 0 radical (unpaired) electrons. The van der Waals surface area contributed by atoms with Crippen LogP contribution in [0.5, 0.6) is 0 Å². The van der Waals surface area contributed by atoms with E-state index in [-0.39, 0.29) is 6.04 Å². The van der Waals surface area contributed by atoms with Crippen molar-refractivity contribution in [1.82, 2.24) is 25.4 Å². The fourth-order valence-electron chi connectivity index (χ4n) is 2.09. The zero-order valence-corrected chi connectivity index (χ0v) is 11.2. The molecule has 1 atom stereocenters. The first-order chi connectivity index (χ1) is 9.35. The second-order valence-corrected chi connectivity index (χ2v) is 4.50. The molecule has 0 amide bonds. The molecule has 19 heavy (non-hydrogen) atoms. The van der Waals surface area contributed by atoms with Gasteiger partial charge in [0.25, 0.3) is 0 Å². The van der Waals surface area contributed by atoms with Crippen LogP contribution in [0.4, 0.5) is 0 Å². The van der Waals surface area contributed by atoms with Crippen LogP contribution in [-0.4, -0.2) is 20.0 Å².